The van der Waals surface area contributed by atoms with E-state index in [-0.39, 0.29) is 11.7 Å². The van der Waals surface area contributed by atoms with Crippen molar-refractivity contribution in [2.45, 2.75) is 19.8 Å². The zero-order valence-corrected chi connectivity index (χ0v) is 14.2. The smallest absolute Gasteiger partial charge is 0.152 e. The van der Waals surface area contributed by atoms with Crippen molar-refractivity contribution in [1.82, 2.24) is 4.40 Å². The van der Waals surface area contributed by atoms with Gasteiger partial charge in [0.15, 0.2) is 6.29 Å². The molecule has 0 saturated carbocycles. The van der Waals surface area contributed by atoms with Crippen LogP contribution >= 0.6 is 0 Å². The maximum atomic E-state index is 13.4. The van der Waals surface area contributed by atoms with Gasteiger partial charge in [0.2, 0.25) is 0 Å². The molecule has 0 radical (unpaired) electrons. The molecule has 25 heavy (non-hydrogen) atoms. The predicted octanol–water partition coefficient (Wildman–Crippen LogP) is 5.83. The summed E-state index contributed by atoms with van der Waals surface area (Å²) in [6.07, 6.45) is 2.95. The highest BCUT2D eigenvalue weighted by atomic mass is 19.1. The number of hydrogen-bond acceptors (Lipinski definition) is 1. The summed E-state index contributed by atoms with van der Waals surface area (Å²) >= 11 is 0. The molecule has 0 unspecified atom stereocenters. The third kappa shape index (κ3) is 2.35. The quantitative estimate of drug-likeness (QED) is 0.432. The van der Waals surface area contributed by atoms with Crippen molar-refractivity contribution in [2.75, 3.05) is 0 Å². The molecule has 0 aliphatic heterocycles. The minimum Gasteiger partial charge on any atom is -0.319 e. The number of carbonyl (C=O) groups is 1. The van der Waals surface area contributed by atoms with Gasteiger partial charge in [0.1, 0.15) is 5.82 Å². The molecule has 0 bridgehead atoms. The summed E-state index contributed by atoms with van der Waals surface area (Å²) in [5.41, 5.74) is 4.38. The average molecular weight is 331 g/mol. The van der Waals surface area contributed by atoms with E-state index >= 15 is 0 Å². The number of pyridine rings is 1. The molecule has 0 atom stereocenters. The van der Waals surface area contributed by atoms with Crippen molar-refractivity contribution in [1.29, 1.82) is 0 Å². The molecule has 2 aromatic carbocycles. The molecule has 4 rings (SSSR count). The van der Waals surface area contributed by atoms with E-state index in [1.165, 1.54) is 12.1 Å². The average Bonchev–Trinajstić information content (AvgIpc) is 2.97. The normalized spacial score (nSPS) is 11.5. The highest BCUT2D eigenvalue weighted by Crippen LogP contribution is 2.38. The summed E-state index contributed by atoms with van der Waals surface area (Å²) in [7, 11) is 0. The van der Waals surface area contributed by atoms with Crippen molar-refractivity contribution in [3.63, 3.8) is 0 Å². The van der Waals surface area contributed by atoms with Gasteiger partial charge in [-0.2, -0.15) is 0 Å². The van der Waals surface area contributed by atoms with Gasteiger partial charge in [-0.15, -0.1) is 0 Å². The molecule has 0 N–H and O–H groups in total. The highest BCUT2D eigenvalue weighted by molar-refractivity contribution is 6.09. The standard InChI is InChI=1S/C22H18FNO/c1-14(2)21-19(13-25)20(16-7-9-17(23)10-8-16)22-18-6-4-3-5-15(18)11-12-24(21)22/h3-14H,1-2H3. The summed E-state index contributed by atoms with van der Waals surface area (Å²) in [6, 6.07) is 16.6. The van der Waals surface area contributed by atoms with Gasteiger partial charge in [-0.3, -0.25) is 4.79 Å². The van der Waals surface area contributed by atoms with Crippen LogP contribution in [0.25, 0.3) is 27.4 Å². The molecule has 0 saturated heterocycles. The van der Waals surface area contributed by atoms with E-state index in [1.807, 2.05) is 18.3 Å². The molecular weight excluding hydrogens is 313 g/mol. The van der Waals surface area contributed by atoms with Gasteiger partial charge >= 0.3 is 0 Å². The first kappa shape index (κ1) is 15.6. The zero-order chi connectivity index (χ0) is 17.6. The molecule has 2 aromatic heterocycles. The topological polar surface area (TPSA) is 21.5 Å². The molecule has 0 spiro atoms. The van der Waals surface area contributed by atoms with Gasteiger partial charge < -0.3 is 4.40 Å². The Balaban J connectivity index is 2.24. The number of fused-ring (bicyclic) bond motifs is 3. The van der Waals surface area contributed by atoms with Crippen molar-refractivity contribution in [2.24, 2.45) is 0 Å². The third-order valence-corrected chi connectivity index (χ3v) is 4.70. The molecule has 0 amide bonds. The third-order valence-electron chi connectivity index (χ3n) is 4.70. The van der Waals surface area contributed by atoms with Gasteiger partial charge in [-0.05, 0) is 35.1 Å². The molecule has 0 aliphatic rings. The first-order valence-electron chi connectivity index (χ1n) is 8.38. The summed E-state index contributed by atoms with van der Waals surface area (Å²) in [5.74, 6) is -0.100. The number of nitrogens with zero attached hydrogens (tertiary/aromatic N) is 1. The maximum absolute atomic E-state index is 13.4. The van der Waals surface area contributed by atoms with Gasteiger partial charge in [-0.1, -0.05) is 50.2 Å². The number of aromatic nitrogens is 1. The van der Waals surface area contributed by atoms with Crippen LogP contribution in [0.3, 0.4) is 0 Å². The maximum Gasteiger partial charge on any atom is 0.152 e. The van der Waals surface area contributed by atoms with Crippen LogP contribution in [-0.4, -0.2) is 10.7 Å². The monoisotopic (exact) mass is 331 g/mol. The minimum absolute atomic E-state index is 0.183. The Labute approximate surface area is 145 Å². The van der Waals surface area contributed by atoms with E-state index in [4.69, 9.17) is 0 Å². The number of benzene rings is 2. The van der Waals surface area contributed by atoms with E-state index in [9.17, 15) is 9.18 Å². The Morgan fingerprint density at radius 3 is 2.40 bits per heavy atom. The van der Waals surface area contributed by atoms with Crippen molar-refractivity contribution in [3.05, 3.63) is 77.9 Å². The summed E-state index contributed by atoms with van der Waals surface area (Å²) in [6.45, 7) is 4.16. The SMILES string of the molecule is CC(C)c1c(C=O)c(-c2ccc(F)cc2)c2c3ccccc3ccn12. The second-order valence-corrected chi connectivity index (χ2v) is 6.57. The van der Waals surface area contributed by atoms with Crippen molar-refractivity contribution < 1.29 is 9.18 Å². The Hall–Kier alpha value is -2.94. The van der Waals surface area contributed by atoms with Crippen LogP contribution in [0.4, 0.5) is 4.39 Å². The number of hydrogen-bond donors (Lipinski definition) is 0. The second kappa shape index (κ2) is 5.85. The molecule has 2 heterocycles. The van der Waals surface area contributed by atoms with Crippen molar-refractivity contribution >= 4 is 22.6 Å². The van der Waals surface area contributed by atoms with Crippen molar-refractivity contribution in [3.8, 4) is 11.1 Å². The first-order chi connectivity index (χ1) is 12.1. The van der Waals surface area contributed by atoms with Crippen LogP contribution in [0, 0.1) is 5.82 Å². The molecule has 124 valence electrons. The largest absolute Gasteiger partial charge is 0.319 e. The van der Waals surface area contributed by atoms with E-state index in [0.29, 0.717) is 5.56 Å². The lowest BCUT2D eigenvalue weighted by Crippen LogP contribution is -1.98. The molecule has 0 fully saturated rings. The summed E-state index contributed by atoms with van der Waals surface area (Å²) in [5, 5.41) is 2.20. The lowest BCUT2D eigenvalue weighted by molar-refractivity contribution is 0.112. The van der Waals surface area contributed by atoms with E-state index < -0.39 is 0 Å². The fourth-order valence-electron chi connectivity index (χ4n) is 3.68. The molecular formula is C22H18FNO. The van der Waals surface area contributed by atoms with Gasteiger partial charge in [0.25, 0.3) is 0 Å². The lowest BCUT2D eigenvalue weighted by Gasteiger charge is -2.08. The van der Waals surface area contributed by atoms with Crippen LogP contribution in [0.15, 0.2) is 60.8 Å². The van der Waals surface area contributed by atoms with E-state index in [1.54, 1.807) is 12.1 Å². The van der Waals surface area contributed by atoms with Crippen LogP contribution in [0.2, 0.25) is 0 Å². The van der Waals surface area contributed by atoms with E-state index in [2.05, 4.69) is 36.4 Å². The second-order valence-electron chi connectivity index (χ2n) is 6.57. The summed E-state index contributed by atoms with van der Waals surface area (Å²) < 4.78 is 15.5. The highest BCUT2D eigenvalue weighted by Gasteiger charge is 2.22. The number of halogens is 1. The van der Waals surface area contributed by atoms with Gasteiger partial charge in [0, 0.05) is 28.4 Å². The minimum atomic E-state index is -0.283. The van der Waals surface area contributed by atoms with Crippen LogP contribution in [-0.2, 0) is 0 Å². The zero-order valence-electron chi connectivity index (χ0n) is 14.2. The van der Waals surface area contributed by atoms with Crippen LogP contribution in [0.5, 0.6) is 0 Å². The Kier molecular flexibility index (Phi) is 3.65. The van der Waals surface area contributed by atoms with Crippen LogP contribution in [0.1, 0.15) is 35.8 Å². The lowest BCUT2D eigenvalue weighted by atomic mass is 9.97. The fraction of sp³-hybridized carbons (Fsp3) is 0.136. The Bertz CT molecular complexity index is 1090. The Morgan fingerprint density at radius 2 is 1.72 bits per heavy atom. The predicted molar refractivity (Wildman–Crippen MR) is 99.8 cm³/mol. The molecule has 0 aliphatic carbocycles. The number of carbonyl (C=O) groups excluding carboxylic acids is 1. The first-order valence-corrected chi connectivity index (χ1v) is 8.38. The number of rotatable bonds is 3. The van der Waals surface area contributed by atoms with E-state index in [0.717, 1.165) is 39.4 Å². The number of aldehydes is 1. The van der Waals surface area contributed by atoms with Gasteiger partial charge in [0.05, 0.1) is 5.52 Å². The molecule has 4 aromatic rings. The molecule has 2 nitrogen and oxygen atoms in total. The van der Waals surface area contributed by atoms with Crippen LogP contribution < -0.4 is 0 Å². The molecule has 3 heteroatoms. The summed E-state index contributed by atoms with van der Waals surface area (Å²) in [4.78, 5) is 12.0. The van der Waals surface area contributed by atoms with Gasteiger partial charge in [-0.25, -0.2) is 4.39 Å². The Morgan fingerprint density at radius 1 is 1.00 bits per heavy atom. The fourth-order valence-corrected chi connectivity index (χ4v) is 3.68.